The number of hydrogen-bond acceptors (Lipinski definition) is 3. The van der Waals surface area contributed by atoms with Crippen molar-refractivity contribution < 1.29 is 9.53 Å². The molecular weight excluding hydrogens is 290 g/mol. The predicted molar refractivity (Wildman–Crippen MR) is 95.0 cm³/mol. The molecule has 2 rings (SSSR count). The number of rotatable bonds is 5. The van der Waals surface area contributed by atoms with E-state index in [4.69, 9.17) is 4.74 Å². The molecule has 0 spiro atoms. The summed E-state index contributed by atoms with van der Waals surface area (Å²) in [4.78, 5) is 14.3. The quantitative estimate of drug-likeness (QED) is 0.871. The van der Waals surface area contributed by atoms with Gasteiger partial charge in [0.05, 0.1) is 13.2 Å². The third kappa shape index (κ3) is 4.99. The summed E-state index contributed by atoms with van der Waals surface area (Å²) in [7, 11) is 0. The van der Waals surface area contributed by atoms with Crippen molar-refractivity contribution in [2.75, 3.05) is 36.5 Å². The lowest BCUT2D eigenvalue weighted by molar-refractivity contribution is 0.119. The number of ether oxygens (including phenoxy) is 1. The first-order chi connectivity index (χ1) is 11.1. The minimum Gasteiger partial charge on any atom is -0.381 e. The summed E-state index contributed by atoms with van der Waals surface area (Å²) in [5, 5.41) is 5.72. The van der Waals surface area contributed by atoms with Crippen LogP contribution in [0.5, 0.6) is 0 Å². The Kier molecular flexibility index (Phi) is 6.47. The van der Waals surface area contributed by atoms with Crippen molar-refractivity contribution >= 4 is 17.4 Å². The fourth-order valence-electron chi connectivity index (χ4n) is 2.68. The van der Waals surface area contributed by atoms with E-state index in [-0.39, 0.29) is 6.03 Å². The van der Waals surface area contributed by atoms with Crippen LogP contribution in [-0.2, 0) is 4.74 Å². The molecular formula is C18H27N3O2. The van der Waals surface area contributed by atoms with Crippen LogP contribution in [0.2, 0.25) is 0 Å². The van der Waals surface area contributed by atoms with Crippen molar-refractivity contribution in [2.24, 2.45) is 0 Å². The molecule has 1 aromatic rings. The SMILES string of the molecule is CCN(CC)c1ccc(NC(=O)NC=C2CCOCC2)c(C)c1. The van der Waals surface area contributed by atoms with Gasteiger partial charge in [-0.2, -0.15) is 0 Å². The van der Waals surface area contributed by atoms with Crippen molar-refractivity contribution in [1.29, 1.82) is 0 Å². The summed E-state index contributed by atoms with van der Waals surface area (Å²) in [6.07, 6.45) is 3.58. The second kappa shape index (κ2) is 8.58. The molecule has 5 heteroatoms. The van der Waals surface area contributed by atoms with Gasteiger partial charge in [-0.15, -0.1) is 0 Å². The first-order valence-electron chi connectivity index (χ1n) is 8.32. The lowest BCUT2D eigenvalue weighted by Crippen LogP contribution is -2.26. The maximum atomic E-state index is 12.0. The number of benzene rings is 1. The van der Waals surface area contributed by atoms with Crippen LogP contribution < -0.4 is 15.5 Å². The highest BCUT2D eigenvalue weighted by molar-refractivity contribution is 5.91. The van der Waals surface area contributed by atoms with Gasteiger partial charge in [0.1, 0.15) is 0 Å². The molecule has 0 aliphatic carbocycles. The van der Waals surface area contributed by atoms with Crippen LogP contribution in [-0.4, -0.2) is 32.3 Å². The number of hydrogen-bond donors (Lipinski definition) is 2. The topological polar surface area (TPSA) is 53.6 Å². The highest BCUT2D eigenvalue weighted by Crippen LogP contribution is 2.22. The number of carbonyl (C=O) groups is 1. The van der Waals surface area contributed by atoms with Crippen LogP contribution in [0.4, 0.5) is 16.2 Å². The molecule has 2 amide bonds. The lowest BCUT2D eigenvalue weighted by Gasteiger charge is -2.22. The first-order valence-corrected chi connectivity index (χ1v) is 8.32. The Morgan fingerprint density at radius 1 is 1.26 bits per heavy atom. The molecule has 1 aliphatic rings. The standard InChI is InChI=1S/C18H27N3O2/c1-4-21(5-2)16-6-7-17(14(3)12-16)20-18(22)19-13-15-8-10-23-11-9-15/h6-7,12-13H,4-5,8-11H2,1-3H3,(H2,19,20,22). The molecule has 126 valence electrons. The van der Waals surface area contributed by atoms with E-state index in [2.05, 4.69) is 35.4 Å². The van der Waals surface area contributed by atoms with Gasteiger partial charge in [0.25, 0.3) is 0 Å². The number of amides is 2. The number of nitrogens with one attached hydrogen (secondary N) is 2. The van der Waals surface area contributed by atoms with Crippen LogP contribution in [0.3, 0.4) is 0 Å². The van der Waals surface area contributed by atoms with Gasteiger partial charge in [0, 0.05) is 30.7 Å². The summed E-state index contributed by atoms with van der Waals surface area (Å²) >= 11 is 0. The molecule has 0 atom stereocenters. The number of anilines is 2. The average molecular weight is 317 g/mol. The van der Waals surface area contributed by atoms with Gasteiger partial charge < -0.3 is 20.3 Å². The Bertz CT molecular complexity index is 557. The first kappa shape index (κ1) is 17.3. The van der Waals surface area contributed by atoms with E-state index in [9.17, 15) is 4.79 Å². The third-order valence-corrected chi connectivity index (χ3v) is 4.13. The highest BCUT2D eigenvalue weighted by atomic mass is 16.5. The fourth-order valence-corrected chi connectivity index (χ4v) is 2.68. The van der Waals surface area contributed by atoms with E-state index in [0.29, 0.717) is 0 Å². The Morgan fingerprint density at radius 3 is 2.57 bits per heavy atom. The molecule has 1 saturated heterocycles. The summed E-state index contributed by atoms with van der Waals surface area (Å²) in [5.41, 5.74) is 4.30. The lowest BCUT2D eigenvalue weighted by atomic mass is 10.1. The maximum absolute atomic E-state index is 12.0. The Hall–Kier alpha value is -2.01. The average Bonchev–Trinajstić information content (AvgIpc) is 2.57. The van der Waals surface area contributed by atoms with Gasteiger partial charge in [0.15, 0.2) is 0 Å². The van der Waals surface area contributed by atoms with Crippen molar-refractivity contribution in [3.8, 4) is 0 Å². The van der Waals surface area contributed by atoms with E-state index in [1.54, 1.807) is 6.20 Å². The van der Waals surface area contributed by atoms with E-state index in [0.717, 1.165) is 50.4 Å². The van der Waals surface area contributed by atoms with Crippen LogP contribution in [0, 0.1) is 6.92 Å². The maximum Gasteiger partial charge on any atom is 0.323 e. The molecule has 0 saturated carbocycles. The van der Waals surface area contributed by atoms with Crippen molar-refractivity contribution in [3.05, 3.63) is 35.5 Å². The zero-order valence-electron chi connectivity index (χ0n) is 14.3. The second-order valence-electron chi connectivity index (χ2n) is 5.68. The van der Waals surface area contributed by atoms with Crippen LogP contribution in [0.25, 0.3) is 0 Å². The second-order valence-corrected chi connectivity index (χ2v) is 5.68. The molecule has 1 heterocycles. The molecule has 1 aliphatic heterocycles. The molecule has 2 N–H and O–H groups in total. The molecule has 0 aromatic heterocycles. The summed E-state index contributed by atoms with van der Waals surface area (Å²) in [6.45, 7) is 9.72. The summed E-state index contributed by atoms with van der Waals surface area (Å²) < 4.78 is 5.29. The Morgan fingerprint density at radius 2 is 1.96 bits per heavy atom. The number of nitrogens with zero attached hydrogens (tertiary/aromatic N) is 1. The van der Waals surface area contributed by atoms with Gasteiger partial charge in [-0.25, -0.2) is 4.79 Å². The molecule has 1 fully saturated rings. The van der Waals surface area contributed by atoms with Crippen LogP contribution in [0.15, 0.2) is 30.0 Å². The molecule has 5 nitrogen and oxygen atoms in total. The van der Waals surface area contributed by atoms with Gasteiger partial charge in [0.2, 0.25) is 0 Å². The smallest absolute Gasteiger partial charge is 0.323 e. The summed E-state index contributed by atoms with van der Waals surface area (Å²) in [6, 6.07) is 5.92. The largest absolute Gasteiger partial charge is 0.381 e. The molecule has 0 radical (unpaired) electrons. The Labute approximate surface area is 138 Å². The predicted octanol–water partition coefficient (Wildman–Crippen LogP) is 3.66. The zero-order chi connectivity index (χ0) is 16.7. The van der Waals surface area contributed by atoms with Crippen molar-refractivity contribution in [2.45, 2.75) is 33.6 Å². The highest BCUT2D eigenvalue weighted by Gasteiger charge is 2.08. The minimum atomic E-state index is -0.206. The van der Waals surface area contributed by atoms with Crippen molar-refractivity contribution in [3.63, 3.8) is 0 Å². The van der Waals surface area contributed by atoms with Crippen LogP contribution >= 0.6 is 0 Å². The Balaban J connectivity index is 1.95. The van der Waals surface area contributed by atoms with E-state index in [1.807, 2.05) is 19.1 Å². The van der Waals surface area contributed by atoms with E-state index >= 15 is 0 Å². The minimum absolute atomic E-state index is 0.206. The monoisotopic (exact) mass is 317 g/mol. The molecule has 0 unspecified atom stereocenters. The normalized spacial score (nSPS) is 14.3. The van der Waals surface area contributed by atoms with Gasteiger partial charge in [-0.05, 0) is 62.9 Å². The van der Waals surface area contributed by atoms with Gasteiger partial charge in [-0.1, -0.05) is 0 Å². The van der Waals surface area contributed by atoms with E-state index in [1.165, 1.54) is 11.3 Å². The van der Waals surface area contributed by atoms with E-state index < -0.39 is 0 Å². The molecule has 1 aromatic carbocycles. The van der Waals surface area contributed by atoms with Gasteiger partial charge >= 0.3 is 6.03 Å². The van der Waals surface area contributed by atoms with Crippen LogP contribution in [0.1, 0.15) is 32.3 Å². The fraction of sp³-hybridized carbons (Fsp3) is 0.500. The number of aryl methyl sites for hydroxylation is 1. The zero-order valence-corrected chi connectivity index (χ0v) is 14.3. The number of urea groups is 1. The summed E-state index contributed by atoms with van der Waals surface area (Å²) in [5.74, 6) is 0. The number of carbonyl (C=O) groups excluding carboxylic acids is 1. The third-order valence-electron chi connectivity index (χ3n) is 4.13. The molecule has 0 bridgehead atoms. The van der Waals surface area contributed by atoms with Crippen molar-refractivity contribution in [1.82, 2.24) is 5.32 Å². The van der Waals surface area contributed by atoms with Gasteiger partial charge in [-0.3, -0.25) is 0 Å². The molecule has 23 heavy (non-hydrogen) atoms.